The third-order valence-electron chi connectivity index (χ3n) is 5.45. The zero-order valence-electron chi connectivity index (χ0n) is 20.2. The summed E-state index contributed by atoms with van der Waals surface area (Å²) < 4.78 is 54.7. The number of rotatable bonds is 10. The number of hydrogen-bond acceptors (Lipinski definition) is 9. The molecule has 2 aromatic carbocycles. The van der Waals surface area contributed by atoms with E-state index in [1.165, 1.54) is 42.3 Å². The van der Waals surface area contributed by atoms with Gasteiger partial charge in [0.25, 0.3) is 0 Å². The summed E-state index contributed by atoms with van der Waals surface area (Å²) in [7, 11) is -1.01. The van der Waals surface area contributed by atoms with Crippen molar-refractivity contribution in [1.29, 1.82) is 5.26 Å². The first-order chi connectivity index (χ1) is 17.8. The molecule has 2 heterocycles. The summed E-state index contributed by atoms with van der Waals surface area (Å²) in [4.78, 5) is 4.58. The van der Waals surface area contributed by atoms with Crippen molar-refractivity contribution in [3.8, 4) is 34.8 Å². The van der Waals surface area contributed by atoms with E-state index < -0.39 is 15.8 Å². The number of sulfonamides is 1. The van der Waals surface area contributed by atoms with Crippen molar-refractivity contribution >= 4 is 27.3 Å². The van der Waals surface area contributed by atoms with Gasteiger partial charge in [-0.25, -0.2) is 17.8 Å². The Morgan fingerprint density at radius 2 is 1.89 bits per heavy atom. The van der Waals surface area contributed by atoms with Gasteiger partial charge in [-0.05, 0) is 42.7 Å². The van der Waals surface area contributed by atoms with Gasteiger partial charge in [0.05, 0.1) is 36.6 Å². The molecule has 1 N–H and O–H groups in total. The molecule has 2 aromatic heterocycles. The molecule has 192 valence electrons. The summed E-state index contributed by atoms with van der Waals surface area (Å²) in [6, 6.07) is 10.7. The monoisotopic (exact) mass is 542 g/mol. The first kappa shape index (κ1) is 26.1. The van der Waals surface area contributed by atoms with Crippen LogP contribution in [0.4, 0.5) is 10.3 Å². The number of halogens is 1. The number of methoxy groups -OCH3 is 2. The largest absolute Gasteiger partial charge is 0.494 e. The van der Waals surface area contributed by atoms with Gasteiger partial charge in [0.2, 0.25) is 16.0 Å². The Labute approximate surface area is 217 Å². The molecule has 0 saturated heterocycles. The Hall–Kier alpha value is -4.02. The van der Waals surface area contributed by atoms with E-state index in [-0.39, 0.29) is 23.7 Å². The predicted molar refractivity (Wildman–Crippen MR) is 137 cm³/mol. The van der Waals surface area contributed by atoms with E-state index in [0.29, 0.717) is 34.3 Å². The Morgan fingerprint density at radius 1 is 1.16 bits per heavy atom. The molecule has 37 heavy (non-hydrogen) atoms. The lowest BCUT2D eigenvalue weighted by Crippen LogP contribution is -2.21. The summed E-state index contributed by atoms with van der Waals surface area (Å²) in [6.45, 7) is 1.98. The molecule has 0 saturated carbocycles. The maximum Gasteiger partial charge on any atom is 0.243 e. The fourth-order valence-electron chi connectivity index (χ4n) is 3.66. The van der Waals surface area contributed by atoms with Crippen LogP contribution in [-0.2, 0) is 22.9 Å². The van der Waals surface area contributed by atoms with Gasteiger partial charge in [0.1, 0.15) is 28.7 Å². The molecule has 4 rings (SSSR count). The minimum Gasteiger partial charge on any atom is -0.494 e. The van der Waals surface area contributed by atoms with Gasteiger partial charge >= 0.3 is 0 Å². The van der Waals surface area contributed by atoms with E-state index in [1.54, 1.807) is 18.2 Å². The van der Waals surface area contributed by atoms with Crippen LogP contribution in [0.3, 0.4) is 0 Å². The standard InChI is InChI=1S/C24H23FN6O4S2/c1-4-21-27-18(14-36-21)23-28-29-24(31(23)22-19(34-2)6-5-7-20(22)35-3)30-37(32,33)11-10-15-8-9-17(25)12-16(15)13-26/h5-9,12,14H,4,10-11H2,1-3H3,(H,29,30). The van der Waals surface area contributed by atoms with Crippen LogP contribution < -0.4 is 14.2 Å². The van der Waals surface area contributed by atoms with Gasteiger partial charge in [-0.2, -0.15) is 5.26 Å². The molecule has 13 heteroatoms. The first-order valence-electron chi connectivity index (χ1n) is 11.1. The zero-order valence-corrected chi connectivity index (χ0v) is 21.9. The van der Waals surface area contributed by atoms with E-state index in [1.807, 2.05) is 18.4 Å². The molecular formula is C24H23FN6O4S2. The molecule has 0 aliphatic heterocycles. The number of nitrogens with one attached hydrogen (secondary N) is 1. The van der Waals surface area contributed by atoms with E-state index in [4.69, 9.17) is 9.47 Å². The lowest BCUT2D eigenvalue weighted by Gasteiger charge is -2.17. The predicted octanol–water partition coefficient (Wildman–Crippen LogP) is 3.97. The Bertz CT molecular complexity index is 1550. The number of anilines is 1. The maximum absolute atomic E-state index is 13.5. The molecule has 0 radical (unpaired) electrons. The quantitative estimate of drug-likeness (QED) is 0.318. The second-order valence-corrected chi connectivity index (χ2v) is 10.5. The average molecular weight is 543 g/mol. The molecule has 0 bridgehead atoms. The summed E-state index contributed by atoms with van der Waals surface area (Å²) >= 11 is 1.45. The van der Waals surface area contributed by atoms with Crippen molar-refractivity contribution in [3.63, 3.8) is 0 Å². The van der Waals surface area contributed by atoms with Gasteiger partial charge in [-0.3, -0.25) is 9.29 Å². The second kappa shape index (κ2) is 10.9. The molecule has 0 amide bonds. The number of para-hydroxylation sites is 1. The molecule has 10 nitrogen and oxygen atoms in total. The number of aryl methyl sites for hydroxylation is 2. The molecule has 0 unspecified atom stereocenters. The van der Waals surface area contributed by atoms with Crippen molar-refractivity contribution in [2.24, 2.45) is 0 Å². The number of thiazole rings is 1. The number of ether oxygens (including phenoxy) is 2. The number of benzene rings is 2. The van der Waals surface area contributed by atoms with Crippen molar-refractivity contribution in [1.82, 2.24) is 19.7 Å². The lowest BCUT2D eigenvalue weighted by molar-refractivity contribution is 0.391. The SMILES string of the molecule is CCc1nc(-c2nnc(NS(=O)(=O)CCc3ccc(F)cc3C#N)n2-c2c(OC)cccc2OC)cs1. The van der Waals surface area contributed by atoms with Crippen LogP contribution in [0.2, 0.25) is 0 Å². The van der Waals surface area contributed by atoms with Crippen LogP contribution in [0.5, 0.6) is 11.5 Å². The summed E-state index contributed by atoms with van der Waals surface area (Å²) in [5.74, 6) is 0.0506. The van der Waals surface area contributed by atoms with Crippen LogP contribution in [0.1, 0.15) is 23.1 Å². The Morgan fingerprint density at radius 3 is 2.51 bits per heavy atom. The van der Waals surface area contributed by atoms with Crippen molar-refractivity contribution in [3.05, 3.63) is 63.7 Å². The topological polar surface area (TPSA) is 132 Å². The third-order valence-corrected chi connectivity index (χ3v) is 7.68. The molecule has 0 spiro atoms. The zero-order chi connectivity index (χ0) is 26.6. The van der Waals surface area contributed by atoms with Crippen LogP contribution in [0.25, 0.3) is 17.2 Å². The van der Waals surface area contributed by atoms with Gasteiger partial charge in [0.15, 0.2) is 5.82 Å². The number of aromatic nitrogens is 4. The minimum absolute atomic E-state index is 0.0105. The highest BCUT2D eigenvalue weighted by molar-refractivity contribution is 7.92. The molecule has 0 aliphatic rings. The Balaban J connectivity index is 1.76. The minimum atomic E-state index is -3.98. The second-order valence-electron chi connectivity index (χ2n) is 7.76. The first-order valence-corrected chi connectivity index (χ1v) is 13.6. The fraction of sp³-hybridized carbons (Fsp3) is 0.250. The highest BCUT2D eigenvalue weighted by Gasteiger charge is 2.26. The van der Waals surface area contributed by atoms with Gasteiger partial charge in [0, 0.05) is 5.38 Å². The average Bonchev–Trinajstić information content (AvgIpc) is 3.53. The third kappa shape index (κ3) is 5.55. The van der Waals surface area contributed by atoms with Crippen LogP contribution in [0, 0.1) is 17.1 Å². The van der Waals surface area contributed by atoms with Crippen LogP contribution in [-0.4, -0.2) is 48.1 Å². The maximum atomic E-state index is 13.5. The molecule has 0 atom stereocenters. The molecular weight excluding hydrogens is 519 g/mol. The van der Waals surface area contributed by atoms with Crippen molar-refractivity contribution < 1.29 is 22.3 Å². The normalized spacial score (nSPS) is 11.2. The summed E-state index contributed by atoms with van der Waals surface area (Å²) in [6.07, 6.45) is 0.716. The van der Waals surface area contributed by atoms with Crippen molar-refractivity contribution in [2.45, 2.75) is 19.8 Å². The highest BCUT2D eigenvalue weighted by Crippen LogP contribution is 2.37. The molecule has 4 aromatic rings. The Kier molecular flexibility index (Phi) is 7.70. The summed E-state index contributed by atoms with van der Waals surface area (Å²) in [5.41, 5.74) is 1.39. The highest BCUT2D eigenvalue weighted by atomic mass is 32.2. The summed E-state index contributed by atoms with van der Waals surface area (Å²) in [5, 5.41) is 20.3. The number of nitriles is 1. The van der Waals surface area contributed by atoms with Crippen LogP contribution >= 0.6 is 11.3 Å². The van der Waals surface area contributed by atoms with Gasteiger partial charge in [-0.1, -0.05) is 19.1 Å². The van der Waals surface area contributed by atoms with E-state index in [2.05, 4.69) is 19.9 Å². The van der Waals surface area contributed by atoms with Gasteiger partial charge in [-0.15, -0.1) is 21.5 Å². The number of nitrogens with zero attached hydrogens (tertiary/aromatic N) is 5. The van der Waals surface area contributed by atoms with E-state index in [0.717, 1.165) is 17.5 Å². The molecule has 0 aliphatic carbocycles. The van der Waals surface area contributed by atoms with Crippen LogP contribution in [0.15, 0.2) is 41.8 Å². The van der Waals surface area contributed by atoms with Crippen molar-refractivity contribution in [2.75, 3.05) is 24.7 Å². The smallest absolute Gasteiger partial charge is 0.243 e. The van der Waals surface area contributed by atoms with E-state index in [9.17, 15) is 18.1 Å². The fourth-order valence-corrected chi connectivity index (χ4v) is 5.39. The van der Waals surface area contributed by atoms with Gasteiger partial charge < -0.3 is 9.47 Å². The number of hydrogen-bond donors (Lipinski definition) is 1. The lowest BCUT2D eigenvalue weighted by atomic mass is 10.1. The molecule has 0 fully saturated rings. The van der Waals surface area contributed by atoms with E-state index >= 15 is 0 Å².